The fraction of sp³-hybridized carbons (Fsp3) is 0.600. The molecule has 94 valence electrons. The second-order valence-corrected chi connectivity index (χ2v) is 4.92. The summed E-state index contributed by atoms with van der Waals surface area (Å²) < 4.78 is 0. The van der Waals surface area contributed by atoms with E-state index in [1.54, 1.807) is 0 Å². The van der Waals surface area contributed by atoms with Crippen molar-refractivity contribution in [1.82, 2.24) is 4.90 Å². The third-order valence-corrected chi connectivity index (χ3v) is 3.95. The van der Waals surface area contributed by atoms with Crippen molar-refractivity contribution in [3.63, 3.8) is 0 Å². The topological polar surface area (TPSA) is 23.5 Å². The van der Waals surface area contributed by atoms with Crippen LogP contribution in [0.2, 0.25) is 0 Å². The molecule has 0 aliphatic heterocycles. The van der Waals surface area contributed by atoms with Gasteiger partial charge < -0.3 is 10.0 Å². The van der Waals surface area contributed by atoms with Crippen molar-refractivity contribution >= 4 is 0 Å². The predicted octanol–water partition coefficient (Wildman–Crippen LogP) is 3.15. The number of aryl methyl sites for hydroxylation is 1. The first kappa shape index (κ1) is 12.4. The lowest BCUT2D eigenvalue weighted by Gasteiger charge is -2.30. The van der Waals surface area contributed by atoms with Gasteiger partial charge in [-0.3, -0.25) is 0 Å². The van der Waals surface area contributed by atoms with E-state index in [1.165, 1.54) is 24.0 Å². The van der Waals surface area contributed by atoms with Crippen molar-refractivity contribution in [2.45, 2.75) is 39.0 Å². The average Bonchev–Trinajstić information content (AvgIpc) is 2.36. The van der Waals surface area contributed by atoms with Crippen molar-refractivity contribution in [2.24, 2.45) is 0 Å². The van der Waals surface area contributed by atoms with Gasteiger partial charge in [-0.2, -0.15) is 0 Å². The molecule has 2 heteroatoms. The first-order valence-corrected chi connectivity index (χ1v) is 6.79. The van der Waals surface area contributed by atoms with E-state index in [2.05, 4.69) is 24.8 Å². The summed E-state index contributed by atoms with van der Waals surface area (Å²) in [6.45, 7) is 7.68. The van der Waals surface area contributed by atoms with Gasteiger partial charge in [-0.05, 0) is 44.0 Å². The summed E-state index contributed by atoms with van der Waals surface area (Å²) in [5.41, 5.74) is 2.57. The zero-order chi connectivity index (χ0) is 12.3. The average molecular weight is 233 g/mol. The standard InChI is InChI=1S/C15H23NO/c1-3-16(4-2)11-13-9-5-7-12-8-6-10-14(17)15(12)13/h6,8,10,13,17H,3-5,7,9,11H2,1-2H3. The van der Waals surface area contributed by atoms with E-state index >= 15 is 0 Å². The molecule has 1 aromatic rings. The normalized spacial score (nSPS) is 19.4. The minimum Gasteiger partial charge on any atom is -0.508 e. The van der Waals surface area contributed by atoms with E-state index in [1.807, 2.05) is 12.1 Å². The Balaban J connectivity index is 2.22. The number of rotatable bonds is 4. The highest BCUT2D eigenvalue weighted by atomic mass is 16.3. The SMILES string of the molecule is CCN(CC)CC1CCCc2cccc(O)c21. The molecule has 0 aromatic heterocycles. The molecule has 0 saturated heterocycles. The number of phenols is 1. The van der Waals surface area contributed by atoms with Crippen LogP contribution in [0.1, 0.15) is 43.7 Å². The summed E-state index contributed by atoms with van der Waals surface area (Å²) in [4.78, 5) is 2.45. The zero-order valence-corrected chi connectivity index (χ0v) is 10.9. The van der Waals surface area contributed by atoms with Gasteiger partial charge >= 0.3 is 0 Å². The van der Waals surface area contributed by atoms with Gasteiger partial charge in [0.15, 0.2) is 0 Å². The number of nitrogens with zero attached hydrogens (tertiary/aromatic N) is 1. The van der Waals surface area contributed by atoms with Gasteiger partial charge in [0.1, 0.15) is 5.75 Å². The Kier molecular flexibility index (Phi) is 4.06. The molecule has 0 amide bonds. The Morgan fingerprint density at radius 2 is 2.06 bits per heavy atom. The van der Waals surface area contributed by atoms with Gasteiger partial charge in [0.2, 0.25) is 0 Å². The number of phenolic OH excluding ortho intramolecular Hbond substituents is 1. The molecule has 1 aliphatic carbocycles. The van der Waals surface area contributed by atoms with Crippen LogP contribution in [-0.4, -0.2) is 29.6 Å². The molecular formula is C15H23NO. The Hall–Kier alpha value is -1.02. The number of fused-ring (bicyclic) bond motifs is 1. The quantitative estimate of drug-likeness (QED) is 0.863. The van der Waals surface area contributed by atoms with Crippen molar-refractivity contribution in [3.8, 4) is 5.75 Å². The highest BCUT2D eigenvalue weighted by Crippen LogP contribution is 2.37. The van der Waals surface area contributed by atoms with Gasteiger partial charge in [-0.25, -0.2) is 0 Å². The molecule has 2 rings (SSSR count). The van der Waals surface area contributed by atoms with Crippen molar-refractivity contribution in [2.75, 3.05) is 19.6 Å². The summed E-state index contributed by atoms with van der Waals surface area (Å²) in [7, 11) is 0. The Labute approximate surface area is 104 Å². The van der Waals surface area contributed by atoms with Crippen LogP contribution >= 0.6 is 0 Å². The fourth-order valence-corrected chi connectivity index (χ4v) is 2.95. The molecule has 0 heterocycles. The largest absolute Gasteiger partial charge is 0.508 e. The summed E-state index contributed by atoms with van der Waals surface area (Å²) in [6.07, 6.45) is 3.59. The summed E-state index contributed by atoms with van der Waals surface area (Å²) in [5, 5.41) is 10.1. The predicted molar refractivity (Wildman–Crippen MR) is 71.6 cm³/mol. The van der Waals surface area contributed by atoms with E-state index in [0.29, 0.717) is 11.7 Å². The van der Waals surface area contributed by atoms with E-state index in [9.17, 15) is 5.11 Å². The molecule has 1 aromatic carbocycles. The Bertz CT molecular complexity index is 371. The van der Waals surface area contributed by atoms with Crippen LogP contribution in [-0.2, 0) is 6.42 Å². The first-order valence-electron chi connectivity index (χ1n) is 6.79. The number of hydrogen-bond donors (Lipinski definition) is 1. The molecule has 0 saturated carbocycles. The second-order valence-electron chi connectivity index (χ2n) is 4.92. The summed E-state index contributed by atoms with van der Waals surface area (Å²) in [5.74, 6) is 1.01. The third kappa shape index (κ3) is 2.63. The third-order valence-electron chi connectivity index (χ3n) is 3.95. The molecule has 0 spiro atoms. The minimum atomic E-state index is 0.499. The Morgan fingerprint density at radius 1 is 1.29 bits per heavy atom. The molecular weight excluding hydrogens is 210 g/mol. The highest BCUT2D eigenvalue weighted by Gasteiger charge is 2.24. The van der Waals surface area contributed by atoms with E-state index in [4.69, 9.17) is 0 Å². The van der Waals surface area contributed by atoms with Crippen LogP contribution in [0.3, 0.4) is 0 Å². The zero-order valence-electron chi connectivity index (χ0n) is 10.9. The molecule has 2 nitrogen and oxygen atoms in total. The van der Waals surface area contributed by atoms with Gasteiger partial charge in [0.25, 0.3) is 0 Å². The van der Waals surface area contributed by atoms with Crippen LogP contribution in [0.4, 0.5) is 0 Å². The molecule has 0 radical (unpaired) electrons. The van der Waals surface area contributed by atoms with Gasteiger partial charge in [0.05, 0.1) is 0 Å². The van der Waals surface area contributed by atoms with Gasteiger partial charge in [-0.1, -0.05) is 26.0 Å². The van der Waals surface area contributed by atoms with Crippen LogP contribution in [0, 0.1) is 0 Å². The minimum absolute atomic E-state index is 0.499. The molecule has 17 heavy (non-hydrogen) atoms. The lowest BCUT2D eigenvalue weighted by molar-refractivity contribution is 0.269. The summed E-state index contributed by atoms with van der Waals surface area (Å²) >= 11 is 0. The number of benzene rings is 1. The molecule has 1 aliphatic rings. The summed E-state index contributed by atoms with van der Waals surface area (Å²) in [6, 6.07) is 5.97. The molecule has 0 bridgehead atoms. The number of hydrogen-bond acceptors (Lipinski definition) is 2. The maximum absolute atomic E-state index is 10.1. The van der Waals surface area contributed by atoms with Crippen molar-refractivity contribution in [3.05, 3.63) is 29.3 Å². The number of aromatic hydroxyl groups is 1. The van der Waals surface area contributed by atoms with Crippen molar-refractivity contribution < 1.29 is 5.11 Å². The molecule has 1 atom stereocenters. The maximum atomic E-state index is 10.1. The molecule has 1 unspecified atom stereocenters. The maximum Gasteiger partial charge on any atom is 0.119 e. The second kappa shape index (κ2) is 5.54. The van der Waals surface area contributed by atoms with Crippen LogP contribution in [0.15, 0.2) is 18.2 Å². The van der Waals surface area contributed by atoms with Gasteiger partial charge in [0, 0.05) is 18.0 Å². The number of likely N-dealkylation sites (N-methyl/N-ethyl adjacent to an activating group) is 1. The van der Waals surface area contributed by atoms with E-state index in [-0.39, 0.29) is 0 Å². The molecule has 1 N–H and O–H groups in total. The lowest BCUT2D eigenvalue weighted by atomic mass is 9.82. The Morgan fingerprint density at radius 3 is 2.76 bits per heavy atom. The van der Waals surface area contributed by atoms with Crippen LogP contribution in [0.5, 0.6) is 5.75 Å². The van der Waals surface area contributed by atoms with Crippen molar-refractivity contribution in [1.29, 1.82) is 0 Å². The molecule has 0 fully saturated rings. The van der Waals surface area contributed by atoms with E-state index in [0.717, 1.165) is 26.1 Å². The first-order chi connectivity index (χ1) is 8.26. The smallest absolute Gasteiger partial charge is 0.119 e. The fourth-order valence-electron chi connectivity index (χ4n) is 2.95. The van der Waals surface area contributed by atoms with Crippen LogP contribution < -0.4 is 0 Å². The highest BCUT2D eigenvalue weighted by molar-refractivity contribution is 5.43. The lowest BCUT2D eigenvalue weighted by Crippen LogP contribution is -2.30. The van der Waals surface area contributed by atoms with Gasteiger partial charge in [-0.15, -0.1) is 0 Å². The van der Waals surface area contributed by atoms with Crippen LogP contribution in [0.25, 0.3) is 0 Å². The van der Waals surface area contributed by atoms with E-state index < -0.39 is 0 Å². The monoisotopic (exact) mass is 233 g/mol.